The Kier molecular flexibility index (Phi) is 2.14. The summed E-state index contributed by atoms with van der Waals surface area (Å²) in [7, 11) is 0. The third-order valence-electron chi connectivity index (χ3n) is 2.56. The van der Waals surface area contributed by atoms with Crippen LogP contribution in [0.5, 0.6) is 0 Å². The van der Waals surface area contributed by atoms with E-state index in [0.717, 1.165) is 28.7 Å². The van der Waals surface area contributed by atoms with E-state index in [1.165, 1.54) is 0 Å². The van der Waals surface area contributed by atoms with Crippen molar-refractivity contribution in [2.75, 3.05) is 0 Å². The Morgan fingerprint density at radius 1 is 0.941 bits per heavy atom. The minimum absolute atomic E-state index is 0.710. The molecule has 0 aliphatic rings. The highest BCUT2D eigenvalue weighted by molar-refractivity contribution is 5.57. The molecule has 0 unspecified atom stereocenters. The number of nitrogens with one attached hydrogen (secondary N) is 1. The average molecular weight is 228 g/mol. The lowest BCUT2D eigenvalue weighted by molar-refractivity contribution is 0.543. The summed E-state index contributed by atoms with van der Waals surface area (Å²) in [5, 5.41) is 0. The molecule has 3 aromatic heterocycles. The quantitative estimate of drug-likeness (QED) is 0.729. The molecule has 0 saturated carbocycles. The Balaban J connectivity index is 1.98. The summed E-state index contributed by atoms with van der Waals surface area (Å²) in [5.74, 6) is 3.97. The van der Waals surface area contributed by atoms with E-state index in [-0.39, 0.29) is 0 Å². The molecule has 17 heavy (non-hydrogen) atoms. The standard InChI is InChI=1S/C13H12N2O2/c1-8-3-5-11(16-8)10-7-14-13(15-10)12-6-4-9(2)17-12/h3-7H,1-2H3,(H,14,15). The van der Waals surface area contributed by atoms with Crippen molar-refractivity contribution in [3.8, 4) is 23.0 Å². The van der Waals surface area contributed by atoms with Crippen molar-refractivity contribution in [3.63, 3.8) is 0 Å². The first kappa shape index (κ1) is 9.96. The van der Waals surface area contributed by atoms with Crippen LogP contribution in [0.25, 0.3) is 23.0 Å². The summed E-state index contributed by atoms with van der Waals surface area (Å²) in [5.41, 5.74) is 0.849. The zero-order valence-electron chi connectivity index (χ0n) is 9.65. The van der Waals surface area contributed by atoms with Crippen molar-refractivity contribution < 1.29 is 8.83 Å². The van der Waals surface area contributed by atoms with Crippen LogP contribution in [0.3, 0.4) is 0 Å². The molecule has 0 bridgehead atoms. The Morgan fingerprint density at radius 3 is 2.18 bits per heavy atom. The second-order valence-electron chi connectivity index (χ2n) is 3.97. The molecule has 86 valence electrons. The molecule has 3 rings (SSSR count). The van der Waals surface area contributed by atoms with E-state index in [2.05, 4.69) is 9.97 Å². The predicted molar refractivity (Wildman–Crippen MR) is 63.5 cm³/mol. The lowest BCUT2D eigenvalue weighted by Crippen LogP contribution is -1.76. The first-order chi connectivity index (χ1) is 8.22. The number of imidazole rings is 1. The lowest BCUT2D eigenvalue weighted by Gasteiger charge is -1.91. The Bertz CT molecular complexity index is 591. The lowest BCUT2D eigenvalue weighted by atomic mass is 10.3. The van der Waals surface area contributed by atoms with E-state index in [9.17, 15) is 0 Å². The average Bonchev–Trinajstić information content (AvgIpc) is 2.96. The third-order valence-corrected chi connectivity index (χ3v) is 2.56. The maximum absolute atomic E-state index is 5.52. The van der Waals surface area contributed by atoms with Gasteiger partial charge in [-0.05, 0) is 38.1 Å². The maximum atomic E-state index is 5.52. The van der Waals surface area contributed by atoms with Gasteiger partial charge in [-0.1, -0.05) is 0 Å². The van der Waals surface area contributed by atoms with Crippen LogP contribution in [-0.4, -0.2) is 9.97 Å². The van der Waals surface area contributed by atoms with Gasteiger partial charge in [0.05, 0.1) is 6.20 Å². The molecule has 0 spiro atoms. The molecule has 1 N–H and O–H groups in total. The summed E-state index contributed by atoms with van der Waals surface area (Å²) in [6.45, 7) is 3.82. The first-order valence-electron chi connectivity index (χ1n) is 5.41. The van der Waals surface area contributed by atoms with Gasteiger partial charge in [-0.2, -0.15) is 0 Å². The number of hydrogen-bond acceptors (Lipinski definition) is 3. The van der Waals surface area contributed by atoms with Gasteiger partial charge in [-0.15, -0.1) is 0 Å². The largest absolute Gasteiger partial charge is 0.460 e. The summed E-state index contributed by atoms with van der Waals surface area (Å²) in [4.78, 5) is 7.45. The molecule has 0 amide bonds. The van der Waals surface area contributed by atoms with Gasteiger partial charge >= 0.3 is 0 Å². The number of rotatable bonds is 2. The molecular formula is C13H12N2O2. The Morgan fingerprint density at radius 2 is 1.59 bits per heavy atom. The van der Waals surface area contributed by atoms with E-state index in [4.69, 9.17) is 8.83 Å². The number of nitrogens with zero attached hydrogens (tertiary/aromatic N) is 1. The monoisotopic (exact) mass is 228 g/mol. The summed E-state index contributed by atoms with van der Waals surface area (Å²) in [6.07, 6.45) is 1.74. The number of aryl methyl sites for hydroxylation is 2. The van der Waals surface area contributed by atoms with Crippen LogP contribution >= 0.6 is 0 Å². The molecule has 3 aromatic rings. The fourth-order valence-corrected chi connectivity index (χ4v) is 1.71. The van der Waals surface area contributed by atoms with Gasteiger partial charge in [-0.3, -0.25) is 0 Å². The van der Waals surface area contributed by atoms with Gasteiger partial charge in [-0.25, -0.2) is 4.98 Å². The van der Waals surface area contributed by atoms with E-state index in [1.54, 1.807) is 6.20 Å². The van der Waals surface area contributed by atoms with E-state index in [0.29, 0.717) is 5.82 Å². The SMILES string of the molecule is Cc1ccc(-c2cnc(-c3ccc(C)o3)[nH]2)o1. The molecule has 4 nitrogen and oxygen atoms in total. The molecule has 0 aliphatic carbocycles. The van der Waals surface area contributed by atoms with Gasteiger partial charge in [0.15, 0.2) is 17.3 Å². The van der Waals surface area contributed by atoms with E-state index in [1.807, 2.05) is 38.1 Å². The number of H-pyrrole nitrogens is 1. The van der Waals surface area contributed by atoms with Crippen molar-refractivity contribution in [2.45, 2.75) is 13.8 Å². The molecular weight excluding hydrogens is 216 g/mol. The highest BCUT2D eigenvalue weighted by Gasteiger charge is 2.10. The molecule has 0 saturated heterocycles. The molecule has 0 fully saturated rings. The molecule has 0 radical (unpaired) electrons. The molecule has 0 aromatic carbocycles. The van der Waals surface area contributed by atoms with Gasteiger partial charge < -0.3 is 13.8 Å². The van der Waals surface area contributed by atoms with Gasteiger partial charge in [0.25, 0.3) is 0 Å². The fourth-order valence-electron chi connectivity index (χ4n) is 1.71. The number of aromatic nitrogens is 2. The highest BCUT2D eigenvalue weighted by Crippen LogP contribution is 2.24. The molecule has 4 heteroatoms. The Hall–Kier alpha value is -2.23. The minimum Gasteiger partial charge on any atom is -0.460 e. The third kappa shape index (κ3) is 1.78. The van der Waals surface area contributed by atoms with Gasteiger partial charge in [0.2, 0.25) is 0 Å². The number of hydrogen-bond donors (Lipinski definition) is 1. The summed E-state index contributed by atoms with van der Waals surface area (Å²) in [6, 6.07) is 7.65. The van der Waals surface area contributed by atoms with E-state index < -0.39 is 0 Å². The minimum atomic E-state index is 0.710. The van der Waals surface area contributed by atoms with Crippen LogP contribution in [0.15, 0.2) is 39.3 Å². The fraction of sp³-hybridized carbons (Fsp3) is 0.154. The van der Waals surface area contributed by atoms with Crippen molar-refractivity contribution in [1.82, 2.24) is 9.97 Å². The predicted octanol–water partition coefficient (Wildman–Crippen LogP) is 3.55. The van der Waals surface area contributed by atoms with Crippen LogP contribution < -0.4 is 0 Å². The highest BCUT2D eigenvalue weighted by atomic mass is 16.3. The molecule has 0 aliphatic heterocycles. The van der Waals surface area contributed by atoms with Crippen LogP contribution in [0.4, 0.5) is 0 Å². The second kappa shape index (κ2) is 3.66. The normalized spacial score (nSPS) is 10.9. The molecule has 0 atom stereocenters. The zero-order chi connectivity index (χ0) is 11.8. The first-order valence-corrected chi connectivity index (χ1v) is 5.41. The van der Waals surface area contributed by atoms with Crippen LogP contribution in [-0.2, 0) is 0 Å². The summed E-state index contributed by atoms with van der Waals surface area (Å²) < 4.78 is 11.0. The number of aromatic amines is 1. The van der Waals surface area contributed by atoms with Gasteiger partial charge in [0.1, 0.15) is 17.2 Å². The number of furan rings is 2. The van der Waals surface area contributed by atoms with Crippen LogP contribution in [0.1, 0.15) is 11.5 Å². The molecule has 3 heterocycles. The van der Waals surface area contributed by atoms with E-state index >= 15 is 0 Å². The maximum Gasteiger partial charge on any atom is 0.174 e. The zero-order valence-corrected chi connectivity index (χ0v) is 9.65. The van der Waals surface area contributed by atoms with Crippen molar-refractivity contribution >= 4 is 0 Å². The second-order valence-corrected chi connectivity index (χ2v) is 3.97. The Labute approximate surface area is 98.3 Å². The summed E-state index contributed by atoms with van der Waals surface area (Å²) >= 11 is 0. The topological polar surface area (TPSA) is 55.0 Å². The smallest absolute Gasteiger partial charge is 0.174 e. The van der Waals surface area contributed by atoms with Crippen molar-refractivity contribution in [2.24, 2.45) is 0 Å². The van der Waals surface area contributed by atoms with Gasteiger partial charge in [0, 0.05) is 0 Å². The van der Waals surface area contributed by atoms with Crippen molar-refractivity contribution in [3.05, 3.63) is 42.0 Å². The van der Waals surface area contributed by atoms with Crippen LogP contribution in [0, 0.1) is 13.8 Å². The van der Waals surface area contributed by atoms with Crippen molar-refractivity contribution in [1.29, 1.82) is 0 Å². The van der Waals surface area contributed by atoms with Crippen LogP contribution in [0.2, 0.25) is 0 Å².